The Morgan fingerprint density at radius 3 is 2.80 bits per heavy atom. The first-order chi connectivity index (χ1) is 7.15. The topological polar surface area (TPSA) is 24.1 Å². The third-order valence-electron chi connectivity index (χ3n) is 2.09. The Hall–Kier alpha value is -0.870. The summed E-state index contributed by atoms with van der Waals surface area (Å²) in [6.07, 6.45) is 2.26. The average molecular weight is 245 g/mol. The van der Waals surface area contributed by atoms with Gasteiger partial charge < -0.3 is 10.6 Å². The molecule has 1 fully saturated rings. The van der Waals surface area contributed by atoms with Crippen LogP contribution in [0.2, 0.25) is 5.02 Å². The van der Waals surface area contributed by atoms with E-state index in [2.05, 4.69) is 10.6 Å². The first kappa shape index (κ1) is 10.6. The first-order valence-corrected chi connectivity index (χ1v) is 5.46. The molecule has 1 aliphatic rings. The number of anilines is 1. The van der Waals surface area contributed by atoms with Gasteiger partial charge in [0.2, 0.25) is 0 Å². The standard InChI is InChI=1S/C10H10ClFN2S/c11-6-1-4-9(8(12)5-6)14-10(15)13-7-2-3-7/h1,4-5,7H,2-3H2,(H2,13,14,15). The highest BCUT2D eigenvalue weighted by Crippen LogP contribution is 2.21. The second-order valence-corrected chi connectivity index (χ2v) is 4.34. The van der Waals surface area contributed by atoms with E-state index in [1.54, 1.807) is 12.1 Å². The molecule has 0 aromatic heterocycles. The fourth-order valence-corrected chi connectivity index (χ4v) is 1.60. The summed E-state index contributed by atoms with van der Waals surface area (Å²) in [5.74, 6) is -0.401. The summed E-state index contributed by atoms with van der Waals surface area (Å²) in [4.78, 5) is 0. The van der Waals surface area contributed by atoms with Crippen LogP contribution in [0.25, 0.3) is 0 Å². The lowest BCUT2D eigenvalue weighted by molar-refractivity contribution is 0.632. The first-order valence-electron chi connectivity index (χ1n) is 4.68. The van der Waals surface area contributed by atoms with Gasteiger partial charge in [-0.3, -0.25) is 0 Å². The van der Waals surface area contributed by atoms with Gasteiger partial charge in [0.15, 0.2) is 5.11 Å². The predicted octanol–water partition coefficient (Wildman–Crippen LogP) is 2.93. The highest BCUT2D eigenvalue weighted by atomic mass is 35.5. The van der Waals surface area contributed by atoms with Crippen LogP contribution in [0, 0.1) is 5.82 Å². The van der Waals surface area contributed by atoms with Gasteiger partial charge in [0.1, 0.15) is 5.82 Å². The van der Waals surface area contributed by atoms with Crippen LogP contribution >= 0.6 is 23.8 Å². The molecule has 0 bridgehead atoms. The zero-order chi connectivity index (χ0) is 10.8. The van der Waals surface area contributed by atoms with Crippen LogP contribution < -0.4 is 10.6 Å². The molecule has 1 aromatic carbocycles. The maximum atomic E-state index is 13.3. The SMILES string of the molecule is Fc1cc(Cl)ccc1NC(=S)NC1CC1. The molecule has 0 atom stereocenters. The molecule has 1 saturated carbocycles. The van der Waals surface area contributed by atoms with Crippen LogP contribution in [0.15, 0.2) is 18.2 Å². The Labute approximate surface area is 97.8 Å². The molecule has 0 spiro atoms. The minimum Gasteiger partial charge on any atom is -0.360 e. The van der Waals surface area contributed by atoms with Crippen molar-refractivity contribution in [3.63, 3.8) is 0 Å². The van der Waals surface area contributed by atoms with Crippen LogP contribution in [-0.2, 0) is 0 Å². The molecule has 2 nitrogen and oxygen atoms in total. The lowest BCUT2D eigenvalue weighted by atomic mass is 10.3. The van der Waals surface area contributed by atoms with Crippen molar-refractivity contribution in [2.45, 2.75) is 18.9 Å². The molecule has 2 N–H and O–H groups in total. The van der Waals surface area contributed by atoms with Crippen molar-refractivity contribution in [1.29, 1.82) is 0 Å². The summed E-state index contributed by atoms with van der Waals surface area (Å²) in [6, 6.07) is 4.90. The summed E-state index contributed by atoms with van der Waals surface area (Å²) in [5.41, 5.74) is 0.345. The predicted molar refractivity (Wildman–Crippen MR) is 63.8 cm³/mol. The molecule has 15 heavy (non-hydrogen) atoms. The van der Waals surface area contributed by atoms with E-state index < -0.39 is 5.82 Å². The quantitative estimate of drug-likeness (QED) is 0.783. The summed E-state index contributed by atoms with van der Waals surface area (Å²) >= 11 is 10.7. The number of halogens is 2. The molecule has 2 rings (SSSR count). The van der Waals surface area contributed by atoms with Gasteiger partial charge in [-0.25, -0.2) is 4.39 Å². The van der Waals surface area contributed by atoms with Gasteiger partial charge in [0, 0.05) is 11.1 Å². The molecule has 0 heterocycles. The van der Waals surface area contributed by atoms with Crippen molar-refractivity contribution < 1.29 is 4.39 Å². The Balaban J connectivity index is 1.99. The summed E-state index contributed by atoms with van der Waals surface area (Å²) < 4.78 is 13.3. The zero-order valence-electron chi connectivity index (χ0n) is 7.89. The minimum absolute atomic E-state index is 0.345. The van der Waals surface area contributed by atoms with Crippen molar-refractivity contribution >= 4 is 34.6 Å². The lowest BCUT2D eigenvalue weighted by Crippen LogP contribution is -2.30. The van der Waals surface area contributed by atoms with Crippen LogP contribution in [0.3, 0.4) is 0 Å². The fourth-order valence-electron chi connectivity index (χ4n) is 1.16. The van der Waals surface area contributed by atoms with Crippen LogP contribution in [-0.4, -0.2) is 11.2 Å². The summed E-state index contributed by atoms with van der Waals surface area (Å²) in [5, 5.41) is 6.69. The highest BCUT2D eigenvalue weighted by Gasteiger charge is 2.21. The van der Waals surface area contributed by atoms with Crippen LogP contribution in [0.1, 0.15) is 12.8 Å². The number of hydrogen-bond donors (Lipinski definition) is 2. The van der Waals surface area contributed by atoms with E-state index in [-0.39, 0.29) is 0 Å². The number of hydrogen-bond acceptors (Lipinski definition) is 1. The van der Waals surface area contributed by atoms with Crippen molar-refractivity contribution in [3.8, 4) is 0 Å². The molecule has 0 unspecified atom stereocenters. The smallest absolute Gasteiger partial charge is 0.171 e. The van der Waals surface area contributed by atoms with Gasteiger partial charge >= 0.3 is 0 Å². The minimum atomic E-state index is -0.401. The van der Waals surface area contributed by atoms with E-state index in [0.717, 1.165) is 12.8 Å². The maximum absolute atomic E-state index is 13.3. The third kappa shape index (κ3) is 3.04. The number of benzene rings is 1. The summed E-state index contributed by atoms with van der Waals surface area (Å²) in [6.45, 7) is 0. The van der Waals surface area contributed by atoms with Crippen molar-refractivity contribution in [2.24, 2.45) is 0 Å². The average Bonchev–Trinajstić information content (AvgIpc) is 2.94. The molecule has 0 radical (unpaired) electrons. The fraction of sp³-hybridized carbons (Fsp3) is 0.300. The zero-order valence-corrected chi connectivity index (χ0v) is 9.46. The van der Waals surface area contributed by atoms with Crippen molar-refractivity contribution in [1.82, 2.24) is 5.32 Å². The number of thiocarbonyl (C=S) groups is 1. The Morgan fingerprint density at radius 1 is 1.47 bits per heavy atom. The van der Waals surface area contributed by atoms with E-state index in [9.17, 15) is 4.39 Å². The molecule has 1 aromatic rings. The van der Waals surface area contributed by atoms with Crippen molar-refractivity contribution in [3.05, 3.63) is 29.0 Å². The van der Waals surface area contributed by atoms with Crippen LogP contribution in [0.4, 0.5) is 10.1 Å². The van der Waals surface area contributed by atoms with Gasteiger partial charge in [0.25, 0.3) is 0 Å². The second kappa shape index (κ2) is 4.33. The van der Waals surface area contributed by atoms with Gasteiger partial charge in [0.05, 0.1) is 5.69 Å². The molecule has 0 saturated heterocycles. The Morgan fingerprint density at radius 2 is 2.20 bits per heavy atom. The van der Waals surface area contributed by atoms with E-state index in [0.29, 0.717) is 21.9 Å². The Bertz CT molecular complexity index is 393. The molecule has 0 aliphatic heterocycles. The van der Waals surface area contributed by atoms with Gasteiger partial charge in [-0.15, -0.1) is 0 Å². The maximum Gasteiger partial charge on any atom is 0.171 e. The van der Waals surface area contributed by atoms with E-state index in [1.165, 1.54) is 6.07 Å². The largest absolute Gasteiger partial charge is 0.360 e. The molecule has 80 valence electrons. The highest BCUT2D eigenvalue weighted by molar-refractivity contribution is 7.80. The normalized spacial score (nSPS) is 14.8. The second-order valence-electron chi connectivity index (χ2n) is 3.50. The number of nitrogens with one attached hydrogen (secondary N) is 2. The molecule has 1 aliphatic carbocycles. The Kier molecular flexibility index (Phi) is 3.07. The van der Waals surface area contributed by atoms with Crippen LogP contribution in [0.5, 0.6) is 0 Å². The van der Waals surface area contributed by atoms with Crippen molar-refractivity contribution in [2.75, 3.05) is 5.32 Å². The van der Waals surface area contributed by atoms with E-state index in [1.807, 2.05) is 0 Å². The molecular weight excluding hydrogens is 235 g/mol. The lowest BCUT2D eigenvalue weighted by Gasteiger charge is -2.10. The molecule has 0 amide bonds. The van der Waals surface area contributed by atoms with E-state index in [4.69, 9.17) is 23.8 Å². The van der Waals surface area contributed by atoms with Gasteiger partial charge in [-0.2, -0.15) is 0 Å². The molecular formula is C10H10ClFN2S. The van der Waals surface area contributed by atoms with Gasteiger partial charge in [-0.05, 0) is 43.3 Å². The van der Waals surface area contributed by atoms with E-state index >= 15 is 0 Å². The number of rotatable bonds is 2. The van der Waals surface area contributed by atoms with Gasteiger partial charge in [-0.1, -0.05) is 11.6 Å². The molecule has 5 heteroatoms. The third-order valence-corrected chi connectivity index (χ3v) is 2.55. The summed E-state index contributed by atoms with van der Waals surface area (Å²) in [7, 11) is 0. The monoisotopic (exact) mass is 244 g/mol.